The molecule has 0 spiro atoms. The topological polar surface area (TPSA) is 82.2 Å². The van der Waals surface area contributed by atoms with Gasteiger partial charge >= 0.3 is 0 Å². The van der Waals surface area contributed by atoms with Crippen LogP contribution in [0.5, 0.6) is 0 Å². The summed E-state index contributed by atoms with van der Waals surface area (Å²) in [5.74, 6) is 0.520. The number of likely N-dealkylation sites (tertiary alicyclic amines) is 1. The number of imidazole rings is 1. The summed E-state index contributed by atoms with van der Waals surface area (Å²) in [6.07, 6.45) is 12.2. The van der Waals surface area contributed by atoms with E-state index in [1.807, 2.05) is 27.7 Å². The molecule has 1 saturated heterocycles. The van der Waals surface area contributed by atoms with Crippen molar-refractivity contribution < 1.29 is 13.2 Å². The van der Waals surface area contributed by atoms with E-state index in [9.17, 15) is 8.42 Å². The van der Waals surface area contributed by atoms with Crippen molar-refractivity contribution in [1.29, 1.82) is 0 Å². The summed E-state index contributed by atoms with van der Waals surface area (Å²) in [4.78, 5) is 6.87. The van der Waals surface area contributed by atoms with Crippen LogP contribution in [0.1, 0.15) is 44.2 Å². The average Bonchev–Trinajstić information content (AvgIpc) is 3.21. The highest BCUT2D eigenvalue weighted by Crippen LogP contribution is 2.32. The minimum Gasteiger partial charge on any atom is -0.383 e. The van der Waals surface area contributed by atoms with Crippen LogP contribution >= 0.6 is 0 Å². The zero-order valence-corrected chi connectivity index (χ0v) is 18.6. The molecule has 8 nitrogen and oxygen atoms in total. The van der Waals surface area contributed by atoms with Crippen LogP contribution in [0.25, 0.3) is 0 Å². The van der Waals surface area contributed by atoms with Crippen molar-refractivity contribution in [1.82, 2.24) is 24.2 Å². The van der Waals surface area contributed by atoms with Crippen LogP contribution in [0.15, 0.2) is 29.8 Å². The van der Waals surface area contributed by atoms with Crippen LogP contribution in [0.2, 0.25) is 0 Å². The number of aryl methyl sites for hydroxylation is 1. The first kappa shape index (κ1) is 21.5. The number of aromatic nitrogens is 4. The predicted octanol–water partition coefficient (Wildman–Crippen LogP) is 2.35. The third-order valence-electron chi connectivity index (χ3n) is 6.22. The number of hydrogen-bond donors (Lipinski definition) is 0. The number of ether oxygens (including phenoxy) is 1. The molecule has 0 unspecified atom stereocenters. The molecule has 2 fully saturated rings. The maximum absolute atomic E-state index is 12.9. The Balaban J connectivity index is 1.49. The fraction of sp³-hybridized carbons (Fsp3) is 0.714. The number of sulfone groups is 1. The Labute approximate surface area is 179 Å². The van der Waals surface area contributed by atoms with E-state index in [-0.39, 0.29) is 10.9 Å². The summed E-state index contributed by atoms with van der Waals surface area (Å²) in [6.45, 7) is 3.63. The van der Waals surface area contributed by atoms with Crippen LogP contribution in [0.3, 0.4) is 0 Å². The smallest absolute Gasteiger partial charge is 0.227 e. The second kappa shape index (κ2) is 9.62. The fourth-order valence-electron chi connectivity index (χ4n) is 4.37. The Morgan fingerprint density at radius 2 is 2.07 bits per heavy atom. The van der Waals surface area contributed by atoms with Crippen molar-refractivity contribution in [3.05, 3.63) is 30.4 Å². The van der Waals surface area contributed by atoms with Gasteiger partial charge in [-0.25, -0.2) is 13.4 Å². The molecule has 2 aromatic heterocycles. The maximum atomic E-state index is 12.9. The second-order valence-corrected chi connectivity index (χ2v) is 10.5. The summed E-state index contributed by atoms with van der Waals surface area (Å²) in [6, 6.07) is 2.43. The van der Waals surface area contributed by atoms with Crippen LogP contribution < -0.4 is 0 Å². The number of piperidine rings is 1. The second-order valence-electron chi connectivity index (χ2n) is 8.58. The highest BCUT2D eigenvalue weighted by atomic mass is 32.2. The molecule has 0 aromatic carbocycles. The van der Waals surface area contributed by atoms with Crippen LogP contribution in [0.4, 0.5) is 0 Å². The normalized spacial score (nSPS) is 20.6. The SMILES string of the molecule is COCCn1c(CN2CCCC[C@@H]2CCn2cccn2)cnc1S(=O)(=O)CC1CC1. The molecule has 166 valence electrons. The van der Waals surface area contributed by atoms with E-state index in [2.05, 4.69) is 15.0 Å². The molecule has 1 aliphatic carbocycles. The zero-order valence-electron chi connectivity index (χ0n) is 17.8. The molecule has 9 heteroatoms. The molecular weight excluding hydrogens is 402 g/mol. The quantitative estimate of drug-likeness (QED) is 0.539. The minimum absolute atomic E-state index is 0.214. The van der Waals surface area contributed by atoms with E-state index in [1.165, 1.54) is 19.3 Å². The molecular formula is C21H33N5O3S. The van der Waals surface area contributed by atoms with E-state index in [1.54, 1.807) is 13.3 Å². The molecule has 0 radical (unpaired) electrons. The maximum Gasteiger partial charge on any atom is 0.227 e. The highest BCUT2D eigenvalue weighted by Gasteiger charge is 2.33. The number of methoxy groups -OCH3 is 1. The van der Waals surface area contributed by atoms with Gasteiger partial charge in [-0.3, -0.25) is 9.58 Å². The predicted molar refractivity (Wildman–Crippen MR) is 114 cm³/mol. The number of hydrogen-bond acceptors (Lipinski definition) is 6. The summed E-state index contributed by atoms with van der Waals surface area (Å²) >= 11 is 0. The number of nitrogens with zero attached hydrogens (tertiary/aromatic N) is 5. The van der Waals surface area contributed by atoms with Gasteiger partial charge in [-0.15, -0.1) is 0 Å². The molecule has 4 rings (SSSR count). The van der Waals surface area contributed by atoms with Gasteiger partial charge in [0.1, 0.15) is 0 Å². The van der Waals surface area contributed by atoms with E-state index >= 15 is 0 Å². The molecule has 2 aliphatic rings. The van der Waals surface area contributed by atoms with Gasteiger partial charge in [-0.05, 0) is 50.6 Å². The van der Waals surface area contributed by atoms with E-state index in [0.717, 1.165) is 44.6 Å². The first-order valence-corrected chi connectivity index (χ1v) is 12.7. The molecule has 0 N–H and O–H groups in total. The Kier molecular flexibility index (Phi) is 6.90. The van der Waals surface area contributed by atoms with Crippen molar-refractivity contribution in [2.24, 2.45) is 5.92 Å². The highest BCUT2D eigenvalue weighted by molar-refractivity contribution is 7.91. The Morgan fingerprint density at radius 1 is 1.20 bits per heavy atom. The monoisotopic (exact) mass is 435 g/mol. The molecule has 2 aromatic rings. The summed E-state index contributed by atoms with van der Waals surface area (Å²) < 4.78 is 35.0. The Bertz CT molecular complexity index is 905. The van der Waals surface area contributed by atoms with Gasteiger partial charge in [0.25, 0.3) is 0 Å². The minimum atomic E-state index is -3.37. The van der Waals surface area contributed by atoms with Gasteiger partial charge in [0.15, 0.2) is 0 Å². The molecule has 0 amide bonds. The summed E-state index contributed by atoms with van der Waals surface area (Å²) in [5, 5.41) is 4.53. The largest absolute Gasteiger partial charge is 0.383 e. The molecule has 1 saturated carbocycles. The van der Waals surface area contributed by atoms with Gasteiger partial charge in [-0.1, -0.05) is 6.42 Å². The van der Waals surface area contributed by atoms with Crippen molar-refractivity contribution in [2.45, 2.75) is 69.4 Å². The first-order chi connectivity index (χ1) is 14.6. The third-order valence-corrected chi connectivity index (χ3v) is 8.01. The van der Waals surface area contributed by atoms with Crippen molar-refractivity contribution in [3.63, 3.8) is 0 Å². The average molecular weight is 436 g/mol. The van der Waals surface area contributed by atoms with Gasteiger partial charge in [0, 0.05) is 45.2 Å². The number of rotatable bonds is 11. The Hall–Kier alpha value is -1.71. The molecule has 3 heterocycles. The standard InChI is InChI=1S/C21H33N5O3S/c1-29-14-13-26-20(15-22-21(26)30(27,28)17-18-6-7-18)16-24-10-3-2-5-19(24)8-12-25-11-4-9-23-25/h4,9,11,15,18-19H,2-3,5-8,10,12-14,16-17H2,1H3/t19-/m1/s1. The van der Waals surface area contributed by atoms with Crippen molar-refractivity contribution in [2.75, 3.05) is 26.0 Å². The van der Waals surface area contributed by atoms with Gasteiger partial charge in [-0.2, -0.15) is 5.10 Å². The molecule has 0 bridgehead atoms. The van der Waals surface area contributed by atoms with Crippen LogP contribution in [-0.2, 0) is 34.2 Å². The van der Waals surface area contributed by atoms with Gasteiger partial charge in [0.2, 0.25) is 15.0 Å². The van der Waals surface area contributed by atoms with Crippen LogP contribution in [0, 0.1) is 5.92 Å². The lowest BCUT2D eigenvalue weighted by atomic mass is 9.99. The zero-order chi connectivity index (χ0) is 21.0. The fourth-order valence-corrected chi connectivity index (χ4v) is 6.24. The van der Waals surface area contributed by atoms with Gasteiger partial charge < -0.3 is 9.30 Å². The summed E-state index contributed by atoms with van der Waals surface area (Å²) in [5.41, 5.74) is 0.965. The first-order valence-electron chi connectivity index (χ1n) is 11.0. The van der Waals surface area contributed by atoms with E-state index in [0.29, 0.717) is 25.1 Å². The van der Waals surface area contributed by atoms with Gasteiger partial charge in [0.05, 0.1) is 24.3 Å². The Morgan fingerprint density at radius 3 is 2.80 bits per heavy atom. The molecule has 1 aliphatic heterocycles. The lowest BCUT2D eigenvalue weighted by molar-refractivity contribution is 0.122. The van der Waals surface area contributed by atoms with Crippen LogP contribution in [-0.4, -0.2) is 64.7 Å². The van der Waals surface area contributed by atoms with E-state index < -0.39 is 9.84 Å². The molecule has 1 atom stereocenters. The van der Waals surface area contributed by atoms with Crippen molar-refractivity contribution in [3.8, 4) is 0 Å². The lowest BCUT2D eigenvalue weighted by Gasteiger charge is -2.36. The third kappa shape index (κ3) is 5.31. The van der Waals surface area contributed by atoms with E-state index in [4.69, 9.17) is 4.74 Å². The summed E-state index contributed by atoms with van der Waals surface area (Å²) in [7, 11) is -1.72. The van der Waals surface area contributed by atoms with Crippen molar-refractivity contribution >= 4 is 9.84 Å². The lowest BCUT2D eigenvalue weighted by Crippen LogP contribution is -2.40. The molecule has 30 heavy (non-hydrogen) atoms.